The molecule has 7 rings (SSSR count). The second-order valence-electron chi connectivity index (χ2n) is 12.9. The van der Waals surface area contributed by atoms with Gasteiger partial charge in [0.1, 0.15) is 42.2 Å². The number of nitrogen functional groups attached to an aromatic ring is 1. The summed E-state index contributed by atoms with van der Waals surface area (Å²) in [6.07, 6.45) is 2.21. The molecular weight excluding hydrogens is 524 g/mol. The highest BCUT2D eigenvalue weighted by atomic mass is 16.6. The van der Waals surface area contributed by atoms with E-state index < -0.39 is 24.5 Å². The highest BCUT2D eigenvalue weighted by molar-refractivity contribution is 5.81. The fourth-order valence-corrected chi connectivity index (χ4v) is 6.63. The zero-order chi connectivity index (χ0) is 28.6. The third-order valence-electron chi connectivity index (χ3n) is 9.15. The molecular formula is C29H38N8O4. The van der Waals surface area contributed by atoms with E-state index in [1.54, 1.807) is 10.9 Å². The summed E-state index contributed by atoms with van der Waals surface area (Å²) in [6, 6.07) is 6.63. The quantitative estimate of drug-likeness (QED) is 0.284. The molecule has 5 heterocycles. The lowest BCUT2D eigenvalue weighted by molar-refractivity contribution is -0.202. The number of ether oxygens (including phenoxy) is 2. The largest absolute Gasteiger partial charge is 0.392 e. The lowest BCUT2D eigenvalue weighted by atomic mass is 9.74. The highest BCUT2D eigenvalue weighted by Gasteiger charge is 2.52. The van der Waals surface area contributed by atoms with E-state index in [1.165, 1.54) is 11.9 Å². The molecule has 12 heteroatoms. The van der Waals surface area contributed by atoms with Gasteiger partial charge in [0.05, 0.1) is 23.5 Å². The van der Waals surface area contributed by atoms with Gasteiger partial charge in [-0.25, -0.2) is 19.9 Å². The summed E-state index contributed by atoms with van der Waals surface area (Å²) in [4.78, 5) is 23.1. The van der Waals surface area contributed by atoms with E-state index in [0.29, 0.717) is 24.1 Å². The molecule has 5 N–H and O–H groups in total. The fraction of sp³-hybridized carbons (Fsp3) is 0.586. The number of anilines is 1. The molecule has 0 radical (unpaired) electrons. The molecule has 2 saturated heterocycles. The third-order valence-corrected chi connectivity index (χ3v) is 9.15. The number of hydrogen-bond donors (Lipinski definition) is 4. The lowest BCUT2D eigenvalue weighted by Crippen LogP contribution is -2.60. The molecule has 3 aliphatic rings. The minimum atomic E-state index is -0.877. The van der Waals surface area contributed by atoms with Crippen LogP contribution in [0.1, 0.15) is 58.2 Å². The number of hydrogen-bond acceptors (Lipinski definition) is 10. The number of aromatic nitrogens is 6. The van der Waals surface area contributed by atoms with Crippen molar-refractivity contribution in [2.24, 2.45) is 5.92 Å². The average molecular weight is 563 g/mol. The first-order valence-electron chi connectivity index (χ1n) is 14.4. The monoisotopic (exact) mass is 562 g/mol. The standard InChI is InChI=1S/C29H38N8O4/c1-14-36(11-21-25(40-14)24(39)28(41-21)37-13-33-23-26(30)31-12-32-27(23)37)17-7-15(8-17)20(38)10-22-34-18-6-5-16(29(2,3)4)9-19(18)35-22/h5-6,9,12-15,17,20-21,24-25,28,38-39H,7-8,10-11H2,1-4H3,(H,34,35)(H2,30,31,32)/t14?,15-,17+,20?,21-,24-,25-,28-/m1/s1. The van der Waals surface area contributed by atoms with Crippen LogP contribution in [0.3, 0.4) is 0 Å². The van der Waals surface area contributed by atoms with Gasteiger partial charge in [-0.2, -0.15) is 0 Å². The molecule has 2 aliphatic heterocycles. The predicted octanol–water partition coefficient (Wildman–Crippen LogP) is 2.27. The van der Waals surface area contributed by atoms with Crippen molar-refractivity contribution in [3.63, 3.8) is 0 Å². The zero-order valence-corrected chi connectivity index (χ0v) is 23.8. The molecule has 12 nitrogen and oxygen atoms in total. The van der Waals surface area contributed by atoms with Crippen molar-refractivity contribution in [1.29, 1.82) is 0 Å². The Morgan fingerprint density at radius 1 is 1.17 bits per heavy atom. The molecule has 3 fully saturated rings. The van der Waals surface area contributed by atoms with Crippen molar-refractivity contribution < 1.29 is 19.7 Å². The van der Waals surface area contributed by atoms with Gasteiger partial charge in [0, 0.05) is 19.0 Å². The molecule has 41 heavy (non-hydrogen) atoms. The lowest BCUT2D eigenvalue weighted by Gasteiger charge is -2.50. The van der Waals surface area contributed by atoms with Crippen molar-refractivity contribution >= 4 is 28.0 Å². The molecule has 0 bridgehead atoms. The molecule has 218 valence electrons. The van der Waals surface area contributed by atoms with E-state index >= 15 is 0 Å². The fourth-order valence-electron chi connectivity index (χ4n) is 6.63. The van der Waals surface area contributed by atoms with Gasteiger partial charge in [-0.05, 0) is 48.8 Å². The van der Waals surface area contributed by atoms with E-state index in [9.17, 15) is 10.2 Å². The number of aliphatic hydroxyl groups excluding tert-OH is 2. The minimum absolute atomic E-state index is 0.0585. The topological polar surface area (TPSA) is 160 Å². The van der Waals surface area contributed by atoms with Crippen LogP contribution in [0.25, 0.3) is 22.2 Å². The average Bonchev–Trinajstić information content (AvgIpc) is 3.58. The molecule has 0 spiro atoms. The number of nitrogens with two attached hydrogens (primary N) is 1. The summed E-state index contributed by atoms with van der Waals surface area (Å²) in [5, 5.41) is 22.2. The highest BCUT2D eigenvalue weighted by Crippen LogP contribution is 2.42. The number of rotatable bonds is 5. The van der Waals surface area contributed by atoms with Crippen molar-refractivity contribution in [2.75, 3.05) is 12.3 Å². The van der Waals surface area contributed by atoms with E-state index in [1.807, 2.05) is 6.92 Å². The number of imidazole rings is 2. The van der Waals surface area contributed by atoms with E-state index in [4.69, 9.17) is 20.2 Å². The van der Waals surface area contributed by atoms with Gasteiger partial charge in [-0.3, -0.25) is 9.47 Å². The number of fused-ring (bicyclic) bond motifs is 3. The third kappa shape index (κ3) is 4.58. The van der Waals surface area contributed by atoms with Gasteiger partial charge in [-0.15, -0.1) is 0 Å². The van der Waals surface area contributed by atoms with Crippen molar-refractivity contribution in [3.8, 4) is 0 Å². The Bertz CT molecular complexity index is 1570. The van der Waals surface area contributed by atoms with Crippen LogP contribution in [0.2, 0.25) is 0 Å². The van der Waals surface area contributed by atoms with Gasteiger partial charge in [0.2, 0.25) is 0 Å². The van der Waals surface area contributed by atoms with Crippen LogP contribution in [0.5, 0.6) is 0 Å². The van der Waals surface area contributed by atoms with E-state index in [-0.39, 0.29) is 35.5 Å². The number of aromatic amines is 1. The molecule has 1 aliphatic carbocycles. The molecule has 4 aromatic rings. The number of benzene rings is 1. The first-order valence-corrected chi connectivity index (χ1v) is 14.4. The molecule has 2 unspecified atom stereocenters. The number of aliphatic hydroxyl groups is 2. The molecule has 6 atom stereocenters. The summed E-state index contributed by atoms with van der Waals surface area (Å²) < 4.78 is 14.3. The Balaban J connectivity index is 0.980. The zero-order valence-electron chi connectivity index (χ0n) is 23.8. The van der Waals surface area contributed by atoms with Crippen LogP contribution in [-0.2, 0) is 21.3 Å². The summed E-state index contributed by atoms with van der Waals surface area (Å²) in [5.74, 6) is 1.29. The smallest absolute Gasteiger partial charge is 0.167 e. The minimum Gasteiger partial charge on any atom is -0.392 e. The number of H-pyrrole nitrogens is 1. The van der Waals surface area contributed by atoms with Crippen molar-refractivity contribution in [1.82, 2.24) is 34.4 Å². The maximum atomic E-state index is 11.1. The molecule has 1 aromatic carbocycles. The van der Waals surface area contributed by atoms with Crippen LogP contribution in [0, 0.1) is 5.92 Å². The molecule has 0 amide bonds. The second kappa shape index (κ2) is 9.70. The maximum Gasteiger partial charge on any atom is 0.167 e. The molecule has 3 aromatic heterocycles. The first kappa shape index (κ1) is 26.7. The second-order valence-corrected chi connectivity index (χ2v) is 12.9. The van der Waals surface area contributed by atoms with Crippen LogP contribution in [0.4, 0.5) is 5.82 Å². The van der Waals surface area contributed by atoms with Crippen LogP contribution in [0.15, 0.2) is 30.9 Å². The van der Waals surface area contributed by atoms with E-state index in [2.05, 4.69) is 63.8 Å². The van der Waals surface area contributed by atoms with Gasteiger partial charge < -0.3 is 30.4 Å². The Kier molecular flexibility index (Phi) is 6.32. The summed E-state index contributed by atoms with van der Waals surface area (Å²) >= 11 is 0. The van der Waals surface area contributed by atoms with Gasteiger partial charge >= 0.3 is 0 Å². The SMILES string of the molecule is CC1O[C@H]2[C@@H](O)[C@H](n3cnc4c(N)ncnc43)O[C@@H]2CN1[C@H]1C[C@@H](C(O)Cc2nc3cc(C(C)(C)C)ccc3[nH]2)C1. The number of nitrogens with zero attached hydrogens (tertiary/aromatic N) is 6. The first-order chi connectivity index (χ1) is 19.6. The molecule has 1 saturated carbocycles. The Labute approximate surface area is 237 Å². The van der Waals surface area contributed by atoms with Crippen LogP contribution < -0.4 is 5.73 Å². The maximum absolute atomic E-state index is 11.1. The predicted molar refractivity (Wildman–Crippen MR) is 152 cm³/mol. The van der Waals surface area contributed by atoms with Crippen LogP contribution >= 0.6 is 0 Å². The number of nitrogens with one attached hydrogen (secondary N) is 1. The summed E-state index contributed by atoms with van der Waals surface area (Å²) in [6.45, 7) is 9.23. The van der Waals surface area contributed by atoms with Crippen molar-refractivity contribution in [2.45, 2.75) is 95.3 Å². The van der Waals surface area contributed by atoms with Gasteiger partial charge in [0.25, 0.3) is 0 Å². The normalized spacial score (nSPS) is 31.4. The Morgan fingerprint density at radius 2 is 1.98 bits per heavy atom. The summed E-state index contributed by atoms with van der Waals surface area (Å²) in [5.41, 5.74) is 10.2. The summed E-state index contributed by atoms with van der Waals surface area (Å²) in [7, 11) is 0. The van der Waals surface area contributed by atoms with Gasteiger partial charge in [0.15, 0.2) is 17.7 Å². The van der Waals surface area contributed by atoms with Gasteiger partial charge in [-0.1, -0.05) is 26.8 Å². The Hall–Kier alpha value is -3.16. The Morgan fingerprint density at radius 3 is 2.76 bits per heavy atom. The van der Waals surface area contributed by atoms with Crippen LogP contribution in [-0.4, -0.2) is 87.8 Å². The van der Waals surface area contributed by atoms with Crippen molar-refractivity contribution in [3.05, 3.63) is 42.2 Å². The van der Waals surface area contributed by atoms with E-state index in [0.717, 1.165) is 29.7 Å².